The molecule has 10 nitrogen and oxygen atoms in total. The summed E-state index contributed by atoms with van der Waals surface area (Å²) in [6.07, 6.45) is 2.91. The summed E-state index contributed by atoms with van der Waals surface area (Å²) < 4.78 is 47.9. The second-order valence-electron chi connectivity index (χ2n) is 7.38. The number of pyridine rings is 1. The van der Waals surface area contributed by atoms with Gasteiger partial charge in [0.05, 0.1) is 36.1 Å². The molecule has 3 aromatic heterocycles. The standard InChI is InChI=1S/C22H20FN5O5S2/c1-33-19-6-5-14(10-16(19)23)11-18(22(29)30)28-13-15(26-27-28)12-25-35(31,32)21-8-7-20(34-21)17-4-2-3-9-24-17/h2-10,13,18,25H,11-12H2,1H3,(H,29,30)/t18-/m0/s1. The van der Waals surface area contributed by atoms with E-state index in [4.69, 9.17) is 4.74 Å². The topological polar surface area (TPSA) is 136 Å². The number of benzene rings is 1. The number of hydrogen-bond acceptors (Lipinski definition) is 8. The molecule has 0 aliphatic rings. The third-order valence-electron chi connectivity index (χ3n) is 5.01. The monoisotopic (exact) mass is 517 g/mol. The van der Waals surface area contributed by atoms with Gasteiger partial charge in [0, 0.05) is 12.6 Å². The van der Waals surface area contributed by atoms with Gasteiger partial charge in [-0.2, -0.15) is 0 Å². The van der Waals surface area contributed by atoms with E-state index in [-0.39, 0.29) is 28.6 Å². The van der Waals surface area contributed by atoms with Gasteiger partial charge in [0.1, 0.15) is 4.21 Å². The Kier molecular flexibility index (Phi) is 7.19. The largest absolute Gasteiger partial charge is 0.494 e. The summed E-state index contributed by atoms with van der Waals surface area (Å²) in [5.41, 5.74) is 1.32. The number of nitrogens with one attached hydrogen (secondary N) is 1. The number of thiophene rings is 1. The second-order valence-corrected chi connectivity index (χ2v) is 10.5. The van der Waals surface area contributed by atoms with Gasteiger partial charge in [0.15, 0.2) is 17.6 Å². The highest BCUT2D eigenvalue weighted by Crippen LogP contribution is 2.29. The van der Waals surface area contributed by atoms with E-state index in [1.165, 1.54) is 31.5 Å². The average Bonchev–Trinajstić information content (AvgIpc) is 3.52. The van der Waals surface area contributed by atoms with E-state index in [9.17, 15) is 22.7 Å². The highest BCUT2D eigenvalue weighted by molar-refractivity contribution is 7.91. The quantitative estimate of drug-likeness (QED) is 0.328. The van der Waals surface area contributed by atoms with Crippen LogP contribution >= 0.6 is 11.3 Å². The zero-order valence-electron chi connectivity index (χ0n) is 18.3. The van der Waals surface area contributed by atoms with Gasteiger partial charge < -0.3 is 9.84 Å². The fourth-order valence-electron chi connectivity index (χ4n) is 3.25. The van der Waals surface area contributed by atoms with Crippen LogP contribution in [0.5, 0.6) is 5.75 Å². The maximum Gasteiger partial charge on any atom is 0.328 e. The number of carbonyl (C=O) groups is 1. The Morgan fingerprint density at radius 3 is 2.77 bits per heavy atom. The van der Waals surface area contributed by atoms with Crippen molar-refractivity contribution < 1.29 is 27.4 Å². The predicted octanol–water partition coefficient (Wildman–Crippen LogP) is 2.90. The van der Waals surface area contributed by atoms with E-state index in [2.05, 4.69) is 20.0 Å². The molecule has 0 aliphatic heterocycles. The summed E-state index contributed by atoms with van der Waals surface area (Å²) in [4.78, 5) is 16.7. The summed E-state index contributed by atoms with van der Waals surface area (Å²) in [6, 6.07) is 11.5. The van der Waals surface area contributed by atoms with Crippen molar-refractivity contribution in [3.63, 3.8) is 0 Å². The first-order valence-electron chi connectivity index (χ1n) is 10.2. The molecule has 0 spiro atoms. The number of aliphatic carboxylic acids is 1. The Hall–Kier alpha value is -3.68. The van der Waals surface area contributed by atoms with Crippen LogP contribution in [-0.2, 0) is 27.8 Å². The molecule has 13 heteroatoms. The SMILES string of the molecule is COc1ccc(C[C@@H](C(=O)O)n2cc(CNS(=O)(=O)c3ccc(-c4ccccn4)s3)nn2)cc1F. The van der Waals surface area contributed by atoms with Crippen molar-refractivity contribution in [3.8, 4) is 16.3 Å². The van der Waals surface area contributed by atoms with E-state index >= 15 is 0 Å². The minimum atomic E-state index is -3.84. The van der Waals surface area contributed by atoms with Crippen LogP contribution in [0.2, 0.25) is 0 Å². The van der Waals surface area contributed by atoms with Crippen LogP contribution in [-0.4, -0.2) is 46.6 Å². The Morgan fingerprint density at radius 1 is 1.26 bits per heavy atom. The molecule has 0 amide bonds. The molecule has 1 atom stereocenters. The van der Waals surface area contributed by atoms with Gasteiger partial charge in [-0.25, -0.2) is 27.0 Å². The maximum atomic E-state index is 14.0. The molecule has 182 valence electrons. The minimum absolute atomic E-state index is 0.0499. The maximum absolute atomic E-state index is 14.0. The molecule has 0 fully saturated rings. The number of carboxylic acids is 1. The highest BCUT2D eigenvalue weighted by atomic mass is 32.2. The van der Waals surface area contributed by atoms with Crippen molar-refractivity contribution in [2.45, 2.75) is 23.2 Å². The van der Waals surface area contributed by atoms with Gasteiger partial charge in [-0.15, -0.1) is 16.4 Å². The Labute approximate surface area is 204 Å². The third kappa shape index (κ3) is 5.70. The molecule has 0 saturated carbocycles. The van der Waals surface area contributed by atoms with Crippen molar-refractivity contribution >= 4 is 27.3 Å². The van der Waals surface area contributed by atoms with Crippen LogP contribution < -0.4 is 9.46 Å². The van der Waals surface area contributed by atoms with Gasteiger partial charge in [0.25, 0.3) is 0 Å². The second kappa shape index (κ2) is 10.3. The molecular formula is C22H20FN5O5S2. The molecular weight excluding hydrogens is 497 g/mol. The van der Waals surface area contributed by atoms with Gasteiger partial charge in [0.2, 0.25) is 10.0 Å². The lowest BCUT2D eigenvalue weighted by molar-refractivity contribution is -0.141. The highest BCUT2D eigenvalue weighted by Gasteiger charge is 2.24. The number of nitrogens with zero attached hydrogens (tertiary/aromatic N) is 4. The number of carboxylic acid groups (broad SMARTS) is 1. The van der Waals surface area contributed by atoms with Crippen molar-refractivity contribution in [1.29, 1.82) is 0 Å². The summed E-state index contributed by atoms with van der Waals surface area (Å²) in [6.45, 7) is -0.192. The summed E-state index contributed by atoms with van der Waals surface area (Å²) in [5, 5.41) is 17.4. The fraction of sp³-hybridized carbons (Fsp3) is 0.182. The van der Waals surface area contributed by atoms with Crippen LogP contribution in [0.3, 0.4) is 0 Å². The van der Waals surface area contributed by atoms with Crippen LogP contribution in [0.25, 0.3) is 10.6 Å². The normalized spacial score (nSPS) is 12.4. The number of sulfonamides is 1. The molecule has 3 heterocycles. The first-order chi connectivity index (χ1) is 16.8. The summed E-state index contributed by atoms with van der Waals surface area (Å²) >= 11 is 1.08. The first kappa shape index (κ1) is 24.4. The van der Waals surface area contributed by atoms with Crippen molar-refractivity contribution in [1.82, 2.24) is 24.7 Å². The van der Waals surface area contributed by atoms with Crippen LogP contribution in [0.4, 0.5) is 4.39 Å². The number of halogens is 1. The summed E-state index contributed by atoms with van der Waals surface area (Å²) in [5.74, 6) is -1.75. The number of methoxy groups -OCH3 is 1. The Morgan fingerprint density at radius 2 is 2.09 bits per heavy atom. The lowest BCUT2D eigenvalue weighted by Crippen LogP contribution is -2.23. The molecule has 1 aromatic carbocycles. The first-order valence-corrected chi connectivity index (χ1v) is 12.5. The predicted molar refractivity (Wildman–Crippen MR) is 125 cm³/mol. The smallest absolute Gasteiger partial charge is 0.328 e. The lowest BCUT2D eigenvalue weighted by Gasteiger charge is -2.13. The van der Waals surface area contributed by atoms with Crippen molar-refractivity contribution in [2.24, 2.45) is 0 Å². The van der Waals surface area contributed by atoms with E-state index in [0.717, 1.165) is 16.0 Å². The molecule has 35 heavy (non-hydrogen) atoms. The van der Waals surface area contributed by atoms with E-state index < -0.39 is 27.9 Å². The van der Waals surface area contributed by atoms with Gasteiger partial charge in [-0.1, -0.05) is 17.3 Å². The molecule has 4 aromatic rings. The number of ether oxygens (including phenoxy) is 1. The van der Waals surface area contributed by atoms with Crippen LogP contribution in [0, 0.1) is 5.82 Å². The van der Waals surface area contributed by atoms with E-state index in [1.807, 2.05) is 6.07 Å². The number of aromatic nitrogens is 4. The Balaban J connectivity index is 1.44. The average molecular weight is 518 g/mol. The molecule has 2 N–H and O–H groups in total. The minimum Gasteiger partial charge on any atom is -0.494 e. The fourth-order valence-corrected chi connectivity index (χ4v) is 5.58. The molecule has 4 rings (SSSR count). The van der Waals surface area contributed by atoms with Crippen molar-refractivity contribution in [3.05, 3.63) is 78.0 Å². The Bertz CT molecular complexity index is 1440. The zero-order valence-corrected chi connectivity index (χ0v) is 20.0. The van der Waals surface area contributed by atoms with E-state index in [1.54, 1.807) is 30.5 Å². The van der Waals surface area contributed by atoms with Gasteiger partial charge >= 0.3 is 5.97 Å². The molecule has 0 aliphatic carbocycles. The third-order valence-corrected chi connectivity index (χ3v) is 8.02. The summed E-state index contributed by atoms with van der Waals surface area (Å²) in [7, 11) is -2.50. The zero-order chi connectivity index (χ0) is 25.0. The van der Waals surface area contributed by atoms with Crippen LogP contribution in [0.1, 0.15) is 17.3 Å². The van der Waals surface area contributed by atoms with Gasteiger partial charge in [-0.05, 0) is 42.0 Å². The molecule has 0 saturated heterocycles. The molecule has 0 bridgehead atoms. The number of rotatable bonds is 10. The van der Waals surface area contributed by atoms with Crippen molar-refractivity contribution in [2.75, 3.05) is 7.11 Å². The molecule has 0 unspecified atom stereocenters. The number of hydrogen-bond donors (Lipinski definition) is 2. The lowest BCUT2D eigenvalue weighted by atomic mass is 10.1. The van der Waals surface area contributed by atoms with Gasteiger partial charge in [-0.3, -0.25) is 4.98 Å². The molecule has 0 radical (unpaired) electrons. The van der Waals surface area contributed by atoms with Crippen LogP contribution in [0.15, 0.2) is 65.1 Å². The van der Waals surface area contributed by atoms with E-state index in [0.29, 0.717) is 16.1 Å².